The first-order valence-corrected chi connectivity index (χ1v) is 10.1. The van der Waals surface area contributed by atoms with Crippen molar-refractivity contribution in [2.75, 3.05) is 7.11 Å². The van der Waals surface area contributed by atoms with Crippen LogP contribution in [0.2, 0.25) is 5.02 Å². The zero-order valence-corrected chi connectivity index (χ0v) is 17.7. The van der Waals surface area contributed by atoms with Gasteiger partial charge in [-0.15, -0.1) is 0 Å². The first-order valence-electron chi connectivity index (χ1n) is 9.76. The molecule has 0 saturated carbocycles. The highest BCUT2D eigenvalue weighted by atomic mass is 35.5. The Kier molecular flexibility index (Phi) is 6.29. The molecule has 0 spiro atoms. The molecule has 4 nitrogen and oxygen atoms in total. The summed E-state index contributed by atoms with van der Waals surface area (Å²) in [5.74, 6) is 0.353. The summed E-state index contributed by atoms with van der Waals surface area (Å²) in [6.07, 6.45) is 3.87. The van der Waals surface area contributed by atoms with Gasteiger partial charge in [-0.3, -0.25) is 0 Å². The predicted octanol–water partition coefficient (Wildman–Crippen LogP) is 6.42. The second-order valence-electron chi connectivity index (χ2n) is 6.89. The minimum absolute atomic E-state index is 0.351. The largest absolute Gasteiger partial charge is 0.487 e. The maximum atomic E-state index is 11.6. The van der Waals surface area contributed by atoms with Crippen molar-refractivity contribution in [3.05, 3.63) is 106 Å². The van der Waals surface area contributed by atoms with Crippen molar-refractivity contribution in [3.8, 4) is 5.75 Å². The summed E-state index contributed by atoms with van der Waals surface area (Å²) in [4.78, 5) is 16.3. The van der Waals surface area contributed by atoms with E-state index in [0.29, 0.717) is 22.9 Å². The molecule has 0 aliphatic rings. The van der Waals surface area contributed by atoms with Crippen LogP contribution in [0.1, 0.15) is 27.2 Å². The van der Waals surface area contributed by atoms with E-state index >= 15 is 0 Å². The van der Waals surface area contributed by atoms with Gasteiger partial charge in [-0.2, -0.15) is 0 Å². The number of hydrogen-bond acceptors (Lipinski definition) is 4. The number of halogens is 1. The lowest BCUT2D eigenvalue weighted by Gasteiger charge is -2.10. The molecule has 0 aliphatic carbocycles. The van der Waals surface area contributed by atoms with Crippen LogP contribution in [0.5, 0.6) is 5.75 Å². The Balaban J connectivity index is 1.55. The zero-order chi connectivity index (χ0) is 21.6. The molecule has 0 N–H and O–H groups in total. The highest BCUT2D eigenvalue weighted by molar-refractivity contribution is 6.31. The summed E-state index contributed by atoms with van der Waals surface area (Å²) in [7, 11) is 1.37. The molecule has 0 radical (unpaired) electrons. The molecule has 0 atom stereocenters. The van der Waals surface area contributed by atoms with E-state index in [2.05, 4.69) is 0 Å². The van der Waals surface area contributed by atoms with Crippen LogP contribution in [0.25, 0.3) is 23.1 Å². The van der Waals surface area contributed by atoms with E-state index in [0.717, 1.165) is 27.7 Å². The van der Waals surface area contributed by atoms with Gasteiger partial charge in [-0.25, -0.2) is 9.78 Å². The van der Waals surface area contributed by atoms with Gasteiger partial charge in [0, 0.05) is 16.0 Å². The number of aromatic nitrogens is 1. The van der Waals surface area contributed by atoms with Crippen LogP contribution in [0.3, 0.4) is 0 Å². The predicted molar refractivity (Wildman–Crippen MR) is 124 cm³/mol. The Morgan fingerprint density at radius 3 is 2.52 bits per heavy atom. The van der Waals surface area contributed by atoms with E-state index in [9.17, 15) is 4.79 Å². The van der Waals surface area contributed by atoms with Gasteiger partial charge in [-0.05, 0) is 42.0 Å². The fourth-order valence-electron chi connectivity index (χ4n) is 3.14. The average Bonchev–Trinajstić information content (AvgIpc) is 2.82. The van der Waals surface area contributed by atoms with Gasteiger partial charge in [0.05, 0.1) is 18.4 Å². The Morgan fingerprint density at radius 1 is 0.935 bits per heavy atom. The van der Waals surface area contributed by atoms with Crippen molar-refractivity contribution in [2.24, 2.45) is 0 Å². The monoisotopic (exact) mass is 429 g/mol. The molecule has 4 rings (SSSR count). The summed E-state index contributed by atoms with van der Waals surface area (Å²) in [5.41, 5.74) is 3.99. The Hall–Kier alpha value is -3.63. The zero-order valence-electron chi connectivity index (χ0n) is 16.9. The first-order chi connectivity index (χ1) is 15.1. The summed E-state index contributed by atoms with van der Waals surface area (Å²) in [6, 6.07) is 24.7. The standard InChI is InChI=1S/C26H20ClNO3/c1-30-26(29)20-12-9-18(10-13-20)11-15-22-16-14-19-6-4-8-24(25(19)28-22)31-17-21-5-2-3-7-23(21)27/h2-16H,17H2,1H3/b15-11-. The topological polar surface area (TPSA) is 48.4 Å². The Bertz CT molecular complexity index is 1250. The van der Waals surface area contributed by atoms with Gasteiger partial charge in [-0.1, -0.05) is 66.2 Å². The number of benzene rings is 3. The van der Waals surface area contributed by atoms with Crippen LogP contribution in [-0.4, -0.2) is 18.1 Å². The lowest BCUT2D eigenvalue weighted by Crippen LogP contribution is -2.00. The number of hydrogen-bond donors (Lipinski definition) is 0. The van der Waals surface area contributed by atoms with Crippen LogP contribution < -0.4 is 4.74 Å². The third kappa shape index (κ3) is 4.93. The van der Waals surface area contributed by atoms with Crippen LogP contribution in [0.15, 0.2) is 78.9 Å². The van der Waals surface area contributed by atoms with Crippen molar-refractivity contribution >= 4 is 40.6 Å². The van der Waals surface area contributed by atoms with Gasteiger partial charge in [0.1, 0.15) is 17.9 Å². The summed E-state index contributed by atoms with van der Waals surface area (Å²) < 4.78 is 10.8. The van der Waals surface area contributed by atoms with Gasteiger partial charge in [0.25, 0.3) is 0 Å². The van der Waals surface area contributed by atoms with E-state index in [-0.39, 0.29) is 5.97 Å². The smallest absolute Gasteiger partial charge is 0.337 e. The van der Waals surface area contributed by atoms with Crippen molar-refractivity contribution < 1.29 is 14.3 Å². The van der Waals surface area contributed by atoms with Crippen LogP contribution in [-0.2, 0) is 11.3 Å². The van der Waals surface area contributed by atoms with Gasteiger partial charge < -0.3 is 9.47 Å². The second kappa shape index (κ2) is 9.45. The maximum absolute atomic E-state index is 11.6. The van der Waals surface area contributed by atoms with Crippen molar-refractivity contribution in [1.82, 2.24) is 4.98 Å². The maximum Gasteiger partial charge on any atom is 0.337 e. The summed E-state index contributed by atoms with van der Waals surface area (Å²) >= 11 is 6.24. The van der Waals surface area contributed by atoms with Crippen molar-refractivity contribution in [1.29, 1.82) is 0 Å². The number of pyridine rings is 1. The molecule has 3 aromatic carbocycles. The lowest BCUT2D eigenvalue weighted by atomic mass is 10.1. The minimum Gasteiger partial charge on any atom is -0.487 e. The molecule has 1 heterocycles. The molecule has 0 fully saturated rings. The lowest BCUT2D eigenvalue weighted by molar-refractivity contribution is 0.0600. The summed E-state index contributed by atoms with van der Waals surface area (Å²) in [5, 5.41) is 1.67. The molecule has 1 aromatic heterocycles. The average molecular weight is 430 g/mol. The fraction of sp³-hybridized carbons (Fsp3) is 0.0769. The molecule has 0 aliphatic heterocycles. The molecule has 0 amide bonds. The number of nitrogens with zero attached hydrogens (tertiary/aromatic N) is 1. The van der Waals surface area contributed by atoms with E-state index in [4.69, 9.17) is 26.1 Å². The van der Waals surface area contributed by atoms with Crippen LogP contribution in [0, 0.1) is 0 Å². The van der Waals surface area contributed by atoms with E-state index in [1.165, 1.54) is 7.11 Å². The number of esters is 1. The molecule has 4 aromatic rings. The molecular weight excluding hydrogens is 410 g/mol. The highest BCUT2D eigenvalue weighted by Crippen LogP contribution is 2.26. The van der Waals surface area contributed by atoms with E-state index in [1.807, 2.05) is 78.9 Å². The summed E-state index contributed by atoms with van der Waals surface area (Å²) in [6.45, 7) is 0.368. The number of fused-ring (bicyclic) bond motifs is 1. The molecule has 0 bridgehead atoms. The number of carbonyl (C=O) groups excluding carboxylic acids is 1. The van der Waals surface area contributed by atoms with Gasteiger partial charge >= 0.3 is 5.97 Å². The number of ether oxygens (including phenoxy) is 2. The van der Waals surface area contributed by atoms with Gasteiger partial charge in [0.15, 0.2) is 0 Å². The van der Waals surface area contributed by atoms with Crippen LogP contribution >= 0.6 is 11.6 Å². The number of carbonyl (C=O) groups is 1. The number of rotatable bonds is 6. The highest BCUT2D eigenvalue weighted by Gasteiger charge is 2.07. The van der Waals surface area contributed by atoms with Crippen LogP contribution in [0.4, 0.5) is 0 Å². The first kappa shape index (κ1) is 20.6. The Morgan fingerprint density at radius 2 is 1.74 bits per heavy atom. The second-order valence-corrected chi connectivity index (χ2v) is 7.30. The molecule has 154 valence electrons. The molecule has 0 unspecified atom stereocenters. The minimum atomic E-state index is -0.351. The third-order valence-corrected chi connectivity index (χ3v) is 5.19. The molecular formula is C26H20ClNO3. The third-order valence-electron chi connectivity index (χ3n) is 4.82. The molecule has 31 heavy (non-hydrogen) atoms. The van der Waals surface area contributed by atoms with E-state index < -0.39 is 0 Å². The fourth-order valence-corrected chi connectivity index (χ4v) is 3.34. The SMILES string of the molecule is COC(=O)c1ccc(/C=C\c2ccc3cccc(OCc4ccccc4Cl)c3n2)cc1. The van der Waals surface area contributed by atoms with Crippen molar-refractivity contribution in [2.45, 2.75) is 6.61 Å². The quantitative estimate of drug-likeness (QED) is 0.331. The van der Waals surface area contributed by atoms with Crippen molar-refractivity contribution in [3.63, 3.8) is 0 Å². The normalized spacial score (nSPS) is 11.0. The van der Waals surface area contributed by atoms with Gasteiger partial charge in [0.2, 0.25) is 0 Å². The molecule has 0 saturated heterocycles. The van der Waals surface area contributed by atoms with E-state index in [1.54, 1.807) is 12.1 Å². The number of para-hydroxylation sites is 1. The molecule has 5 heteroatoms. The number of methoxy groups -OCH3 is 1. The Labute approximate surface area is 185 Å².